The van der Waals surface area contributed by atoms with Gasteiger partial charge < -0.3 is 97.9 Å². The van der Waals surface area contributed by atoms with E-state index in [4.69, 9.17) is 52.1 Å². The van der Waals surface area contributed by atoms with Crippen molar-refractivity contribution >= 4 is 70.0 Å². The number of aliphatic hydroxyl groups is 4. The van der Waals surface area contributed by atoms with Gasteiger partial charge in [0.2, 0.25) is 17.5 Å². The molecule has 6 saturated heterocycles. The normalized spacial score (nSPS) is 30.8. The van der Waals surface area contributed by atoms with Crippen molar-refractivity contribution in [3.05, 3.63) is 127 Å². The molecule has 0 unspecified atom stereocenters. The van der Waals surface area contributed by atoms with Gasteiger partial charge in [0, 0.05) is 142 Å². The highest BCUT2D eigenvalue weighted by atomic mass is 16.7. The van der Waals surface area contributed by atoms with E-state index in [0.717, 1.165) is 29.2 Å². The first-order valence-corrected chi connectivity index (χ1v) is 36.0. The molecular formula is C76H77N5O31. The number of ether oxygens (including phenoxy) is 11. The molecule has 592 valence electrons. The van der Waals surface area contributed by atoms with Crippen molar-refractivity contribution in [3.8, 4) is 34.5 Å². The molecule has 0 aromatic heterocycles. The number of rotatable bonds is 18. The number of aromatic hydroxyl groups is 4. The van der Waals surface area contributed by atoms with E-state index in [-0.39, 0.29) is 87.5 Å². The summed E-state index contributed by atoms with van der Waals surface area (Å²) >= 11 is 0. The molecule has 0 radical (unpaired) electrons. The number of phenols is 4. The number of phenolic OH excluding ortho intramolecular Hbond substituents is 4. The van der Waals surface area contributed by atoms with E-state index in [9.17, 15) is 98.4 Å². The van der Waals surface area contributed by atoms with Crippen molar-refractivity contribution in [2.75, 3.05) is 80.5 Å². The monoisotopic (exact) mass is 1560 g/mol. The molecule has 0 saturated carbocycles. The summed E-state index contributed by atoms with van der Waals surface area (Å²) in [6.07, 6.45) is -7.64. The predicted octanol–water partition coefficient (Wildman–Crippen LogP) is -0.976. The third-order valence-electron chi connectivity index (χ3n) is 22.9. The zero-order valence-electron chi connectivity index (χ0n) is 60.7. The number of hydrogen-bond acceptors (Lipinski definition) is 33. The van der Waals surface area contributed by atoms with Gasteiger partial charge in [-0.15, -0.1) is 0 Å². The molecule has 6 fully saturated rings. The predicted molar refractivity (Wildman–Crippen MR) is 369 cm³/mol. The number of fused-ring (bicyclic) bond motifs is 12. The zero-order chi connectivity index (χ0) is 79.7. The van der Waals surface area contributed by atoms with Gasteiger partial charge in [0.1, 0.15) is 84.3 Å². The molecule has 12 aliphatic rings. The Balaban J connectivity index is 0.000000177. The number of morpholine rings is 1. The topological polar surface area (TPSA) is 484 Å². The Labute approximate surface area is 634 Å². The van der Waals surface area contributed by atoms with E-state index < -0.39 is 259 Å². The van der Waals surface area contributed by atoms with Gasteiger partial charge >= 0.3 is 0 Å². The van der Waals surface area contributed by atoms with E-state index >= 15 is 0 Å². The minimum atomic E-state index is -2.32. The van der Waals surface area contributed by atoms with Crippen LogP contribution in [-0.2, 0) is 93.8 Å². The number of carbonyl (C=O) groups excluding carboxylic acids is 12. The molecule has 8 N–H and O–H groups in total. The van der Waals surface area contributed by atoms with Gasteiger partial charge in [0.05, 0.1) is 78.1 Å². The Morgan fingerprint density at radius 3 is 1.46 bits per heavy atom. The number of piperazine rings is 1. The van der Waals surface area contributed by atoms with Crippen LogP contribution in [0.5, 0.6) is 34.5 Å². The number of methoxy groups -OCH3 is 3. The number of imide groups is 2. The molecule has 8 aliphatic heterocycles. The first-order chi connectivity index (χ1) is 53.5. The number of aliphatic hydroxyl groups excluding tert-OH is 2. The lowest BCUT2D eigenvalue weighted by molar-refractivity contribution is -0.256. The van der Waals surface area contributed by atoms with Crippen LogP contribution in [0.15, 0.2) is 60.7 Å². The molecule has 16 rings (SSSR count). The number of nitrogens with zero attached hydrogens (tertiary/aromatic N) is 5. The summed E-state index contributed by atoms with van der Waals surface area (Å²) in [5, 5.41) is 90.2. The molecule has 16 atom stereocenters. The van der Waals surface area contributed by atoms with Crippen LogP contribution in [0.2, 0.25) is 0 Å². The maximum atomic E-state index is 14.3. The number of amides is 5. The summed E-state index contributed by atoms with van der Waals surface area (Å²) in [4.78, 5) is 163. The molecule has 36 heteroatoms. The quantitative estimate of drug-likeness (QED) is 0.0379. The molecular weight excluding hydrogens is 1480 g/mol. The van der Waals surface area contributed by atoms with Gasteiger partial charge in [-0.3, -0.25) is 77.1 Å². The first kappa shape index (κ1) is 77.3. The number of Topliss-reactive ketones (excluding diaryl/α,β-unsaturated/α-hetero) is 3. The Kier molecular flexibility index (Phi) is 20.4. The average molecular weight is 1560 g/mol. The van der Waals surface area contributed by atoms with Crippen LogP contribution in [0.25, 0.3) is 0 Å². The summed E-state index contributed by atoms with van der Waals surface area (Å²) in [7, 11) is 4.23. The van der Waals surface area contributed by atoms with E-state index in [0.29, 0.717) is 24.6 Å². The molecule has 112 heavy (non-hydrogen) atoms. The Bertz CT molecular complexity index is 4770. The molecule has 4 aromatic rings. The molecule has 5 amide bonds. The van der Waals surface area contributed by atoms with E-state index in [1.54, 1.807) is 13.8 Å². The van der Waals surface area contributed by atoms with Crippen LogP contribution in [0.4, 0.5) is 0 Å². The second-order valence-electron chi connectivity index (χ2n) is 29.1. The number of ketones is 7. The highest BCUT2D eigenvalue weighted by Crippen LogP contribution is 2.56. The largest absolute Gasteiger partial charge is 0.507 e. The van der Waals surface area contributed by atoms with Gasteiger partial charge in [-0.2, -0.15) is 0 Å². The molecule has 8 heterocycles. The minimum absolute atomic E-state index is 0.0741. The fourth-order valence-electron chi connectivity index (χ4n) is 17.6. The molecule has 36 nitrogen and oxygen atoms in total. The lowest BCUT2D eigenvalue weighted by Gasteiger charge is -2.45. The van der Waals surface area contributed by atoms with Crippen LogP contribution in [-0.4, -0.2) is 301 Å². The van der Waals surface area contributed by atoms with Crippen LogP contribution in [0.3, 0.4) is 0 Å². The molecule has 4 aromatic carbocycles. The third kappa shape index (κ3) is 12.7. The second-order valence-corrected chi connectivity index (χ2v) is 29.1. The Morgan fingerprint density at radius 2 is 0.991 bits per heavy atom. The second kappa shape index (κ2) is 29.5. The fourth-order valence-corrected chi connectivity index (χ4v) is 17.6. The number of hydrogen-bond donors (Lipinski definition) is 8. The highest BCUT2D eigenvalue weighted by Gasteiger charge is 2.59. The van der Waals surface area contributed by atoms with Crippen molar-refractivity contribution < 1.29 is 150 Å². The van der Waals surface area contributed by atoms with Crippen molar-refractivity contribution in [2.24, 2.45) is 0 Å². The highest BCUT2D eigenvalue weighted by molar-refractivity contribution is 6.32. The fraction of sp³-hybridized carbons (Fsp3) is 0.474. The number of benzene rings is 4. The van der Waals surface area contributed by atoms with Gasteiger partial charge in [0.25, 0.3) is 23.6 Å². The van der Waals surface area contributed by atoms with Crippen molar-refractivity contribution in [2.45, 2.75) is 150 Å². The van der Waals surface area contributed by atoms with Gasteiger partial charge in [-0.05, 0) is 26.0 Å². The van der Waals surface area contributed by atoms with Gasteiger partial charge in [-0.25, -0.2) is 0 Å². The van der Waals surface area contributed by atoms with Gasteiger partial charge in [-0.1, -0.05) is 24.3 Å². The summed E-state index contributed by atoms with van der Waals surface area (Å²) in [6, 6.07) is 7.68. The summed E-state index contributed by atoms with van der Waals surface area (Å²) in [5.41, 5.74) is -8.34. The molecule has 0 spiro atoms. The Morgan fingerprint density at radius 1 is 0.536 bits per heavy atom. The lowest BCUT2D eigenvalue weighted by atomic mass is 9.72. The van der Waals surface area contributed by atoms with E-state index in [2.05, 4.69) is 4.90 Å². The molecule has 0 bridgehead atoms. The number of carbonyl (C=O) groups is 12. The maximum Gasteiger partial charge on any atom is 0.254 e. The third-order valence-corrected chi connectivity index (χ3v) is 22.9. The van der Waals surface area contributed by atoms with Crippen molar-refractivity contribution in [1.29, 1.82) is 0 Å². The first-order valence-electron chi connectivity index (χ1n) is 36.0. The zero-order valence-corrected chi connectivity index (χ0v) is 60.7. The van der Waals surface area contributed by atoms with Crippen LogP contribution in [0.1, 0.15) is 138 Å². The molecule has 4 aliphatic carbocycles. The SMILES string of the molecule is CO[C@H]1OCCN2[C@@H]1O[C@@H]1[C@H](C)O[C@@H](O[C@H]3C[C@](O)(C(=O)CO)Cc4c(O)c5c(c(O)c43)C(=O)c3c(OCC(=O)CN4C(=O)C=CC4=O)cccc3C5=O)C[C@@H]12.COc1cccc2c1C(=O)c1c(O)c3c(c(O)c1C2=O)C[C@@](O)(C(=O)CO)C[C@@H]3O[C@H]1C[C@H]2[C@H](O[C@@H]3[C@@H](OC)N(C(=O)CN4C(=O)C=CC4=O)CCN32)[C@H](C)O1. The van der Waals surface area contributed by atoms with Crippen LogP contribution >= 0.6 is 0 Å². The minimum Gasteiger partial charge on any atom is -0.507 e. The smallest absolute Gasteiger partial charge is 0.254 e. The van der Waals surface area contributed by atoms with E-state index in [1.165, 1.54) is 62.6 Å². The van der Waals surface area contributed by atoms with Gasteiger partial charge in [0.15, 0.2) is 66.5 Å². The maximum absolute atomic E-state index is 14.3. The van der Waals surface area contributed by atoms with Crippen LogP contribution in [0, 0.1) is 0 Å². The van der Waals surface area contributed by atoms with Crippen LogP contribution < -0.4 is 9.47 Å². The summed E-state index contributed by atoms with van der Waals surface area (Å²) in [6.45, 7) is 1.00. The average Bonchev–Trinajstić information content (AvgIpc) is 0.902. The Hall–Kier alpha value is -10.00. The van der Waals surface area contributed by atoms with Crippen molar-refractivity contribution in [3.63, 3.8) is 0 Å². The summed E-state index contributed by atoms with van der Waals surface area (Å²) < 4.78 is 65.9. The van der Waals surface area contributed by atoms with E-state index in [1.807, 2.05) is 4.90 Å². The standard InChI is InChI=1S/C38H39N3O15.C38H38N2O16/c1-16-35-19(39-9-10-40(36(53-3)37(39)56-35)25(46)14-41-23(44)7-8-24(41)45)11-26(54-16)55-21-13-38(51,22(43)15-42)12-18-28(21)34(50)30-29(32(18)48)31(47)17-5-4-6-20(52-2)27(17)33(30)49;1-16-35-20(39-8-9-52-37(51-2)36(39)56-35)10-26(54-16)55-22-12-38(50,23(43)14-41)11-19-28(22)34(49)30-29(32(19)47)31(46)18-4-3-5-21(27(18)33(30)48)53-15-17(42)13-40-24(44)6-7-25(40)45/h4-8,16,19,21,26,35-37,42,48,50-51H,9-15H2,1-3H3;3-7,16,20,22,26,35-37,41,47,49-50H,8-15H2,1-2H3/t16-,19-,21-,26-,35+,36+,37+,38-;16-,20-,22-,26-,35+,36+,37-,38-/m00/s1. The summed E-state index contributed by atoms with van der Waals surface area (Å²) in [5.74, 6) is -12.3. The lowest BCUT2D eigenvalue weighted by Crippen LogP contribution is -2.63. The van der Waals surface area contributed by atoms with Crippen molar-refractivity contribution in [1.82, 2.24) is 24.5 Å².